The van der Waals surface area contributed by atoms with Crippen LogP contribution in [-0.2, 0) is 6.54 Å². The van der Waals surface area contributed by atoms with Gasteiger partial charge >= 0.3 is 0 Å². The van der Waals surface area contributed by atoms with Gasteiger partial charge in [-0.05, 0) is 13.8 Å². The minimum absolute atomic E-state index is 0.138. The standard InChI is InChI=1S/C8H15N3O/c1-6(5-12)9-3-8-4-10-11-7(8)2/h4,6,9,12H,3,5H2,1-2H3,(H,10,11)/t6-/m1/s1. The lowest BCUT2D eigenvalue weighted by Gasteiger charge is -2.09. The van der Waals surface area contributed by atoms with Gasteiger partial charge in [-0.25, -0.2) is 0 Å². The molecule has 0 radical (unpaired) electrons. The van der Waals surface area contributed by atoms with E-state index in [1.54, 1.807) is 6.20 Å². The first-order valence-corrected chi connectivity index (χ1v) is 4.07. The van der Waals surface area contributed by atoms with Crippen molar-refractivity contribution in [2.75, 3.05) is 6.61 Å². The zero-order valence-electron chi connectivity index (χ0n) is 7.46. The van der Waals surface area contributed by atoms with Crippen molar-refractivity contribution in [3.8, 4) is 0 Å². The van der Waals surface area contributed by atoms with Gasteiger partial charge in [0.05, 0.1) is 12.8 Å². The molecule has 0 aliphatic rings. The molecular weight excluding hydrogens is 154 g/mol. The molecular formula is C8H15N3O. The first kappa shape index (κ1) is 9.22. The molecule has 0 saturated heterocycles. The van der Waals surface area contributed by atoms with Gasteiger partial charge in [0, 0.05) is 23.8 Å². The van der Waals surface area contributed by atoms with Gasteiger partial charge in [0.1, 0.15) is 0 Å². The summed E-state index contributed by atoms with van der Waals surface area (Å²) < 4.78 is 0. The fraction of sp³-hybridized carbons (Fsp3) is 0.625. The van der Waals surface area contributed by atoms with Crippen LogP contribution in [0.1, 0.15) is 18.2 Å². The topological polar surface area (TPSA) is 60.9 Å². The summed E-state index contributed by atoms with van der Waals surface area (Å²) in [5.41, 5.74) is 2.22. The van der Waals surface area contributed by atoms with Crippen molar-refractivity contribution in [3.63, 3.8) is 0 Å². The molecule has 0 aliphatic heterocycles. The first-order valence-electron chi connectivity index (χ1n) is 4.07. The van der Waals surface area contributed by atoms with Gasteiger partial charge in [-0.15, -0.1) is 0 Å². The summed E-state index contributed by atoms with van der Waals surface area (Å²) in [7, 11) is 0. The van der Waals surface area contributed by atoms with Gasteiger partial charge in [0.25, 0.3) is 0 Å². The number of H-pyrrole nitrogens is 1. The average molecular weight is 169 g/mol. The Balaban J connectivity index is 2.38. The summed E-state index contributed by atoms with van der Waals surface area (Å²) in [6.45, 7) is 4.84. The number of nitrogens with zero attached hydrogens (tertiary/aromatic N) is 1. The monoisotopic (exact) mass is 169 g/mol. The van der Waals surface area contributed by atoms with E-state index in [0.29, 0.717) is 0 Å². The number of aryl methyl sites for hydroxylation is 1. The predicted octanol–water partition coefficient (Wildman–Crippen LogP) is 0.189. The van der Waals surface area contributed by atoms with Gasteiger partial charge in [0.15, 0.2) is 0 Å². The van der Waals surface area contributed by atoms with Crippen LogP contribution in [0, 0.1) is 6.92 Å². The van der Waals surface area contributed by atoms with Crippen LogP contribution in [0.15, 0.2) is 6.20 Å². The van der Waals surface area contributed by atoms with Crippen molar-refractivity contribution in [1.82, 2.24) is 15.5 Å². The Hall–Kier alpha value is -0.870. The number of hydrogen-bond donors (Lipinski definition) is 3. The fourth-order valence-corrected chi connectivity index (χ4v) is 0.903. The number of aliphatic hydroxyl groups is 1. The van der Waals surface area contributed by atoms with E-state index < -0.39 is 0 Å². The van der Waals surface area contributed by atoms with E-state index in [1.165, 1.54) is 0 Å². The molecule has 4 nitrogen and oxygen atoms in total. The Morgan fingerprint density at radius 3 is 3.00 bits per heavy atom. The largest absolute Gasteiger partial charge is 0.395 e. The van der Waals surface area contributed by atoms with Crippen LogP contribution in [0.5, 0.6) is 0 Å². The molecule has 1 heterocycles. The van der Waals surface area contributed by atoms with E-state index >= 15 is 0 Å². The van der Waals surface area contributed by atoms with E-state index in [0.717, 1.165) is 17.8 Å². The summed E-state index contributed by atoms with van der Waals surface area (Å²) in [5.74, 6) is 0. The van der Waals surface area contributed by atoms with Crippen molar-refractivity contribution in [1.29, 1.82) is 0 Å². The summed E-state index contributed by atoms with van der Waals surface area (Å²) in [6.07, 6.45) is 1.80. The Labute approximate surface area is 72.0 Å². The maximum Gasteiger partial charge on any atom is 0.0582 e. The summed E-state index contributed by atoms with van der Waals surface area (Å²) in [4.78, 5) is 0. The second-order valence-electron chi connectivity index (χ2n) is 2.98. The summed E-state index contributed by atoms with van der Waals surface area (Å²) >= 11 is 0. The van der Waals surface area contributed by atoms with Gasteiger partial charge in [-0.1, -0.05) is 0 Å². The van der Waals surface area contributed by atoms with E-state index in [-0.39, 0.29) is 12.6 Å². The quantitative estimate of drug-likeness (QED) is 0.603. The summed E-state index contributed by atoms with van der Waals surface area (Å²) in [6, 6.07) is 0.138. The second-order valence-corrected chi connectivity index (χ2v) is 2.98. The molecule has 0 aromatic carbocycles. The third kappa shape index (κ3) is 2.32. The lowest BCUT2D eigenvalue weighted by atomic mass is 10.2. The number of aliphatic hydroxyl groups excluding tert-OH is 1. The molecule has 1 rings (SSSR count). The highest BCUT2D eigenvalue weighted by Gasteiger charge is 2.02. The van der Waals surface area contributed by atoms with Crippen molar-refractivity contribution < 1.29 is 5.11 Å². The molecule has 0 fully saturated rings. The second kappa shape index (κ2) is 4.23. The number of aromatic nitrogens is 2. The SMILES string of the molecule is Cc1[nH]ncc1CN[C@H](C)CO. The van der Waals surface area contributed by atoms with E-state index in [1.807, 2.05) is 13.8 Å². The minimum atomic E-state index is 0.138. The Morgan fingerprint density at radius 1 is 1.75 bits per heavy atom. The first-order chi connectivity index (χ1) is 5.74. The number of rotatable bonds is 4. The van der Waals surface area contributed by atoms with E-state index in [4.69, 9.17) is 5.11 Å². The van der Waals surface area contributed by atoms with Crippen LogP contribution >= 0.6 is 0 Å². The predicted molar refractivity (Wildman–Crippen MR) is 46.7 cm³/mol. The molecule has 3 N–H and O–H groups in total. The molecule has 4 heteroatoms. The van der Waals surface area contributed by atoms with Crippen LogP contribution in [-0.4, -0.2) is 28.0 Å². The van der Waals surface area contributed by atoms with E-state index in [9.17, 15) is 0 Å². The average Bonchev–Trinajstić information content (AvgIpc) is 2.47. The van der Waals surface area contributed by atoms with Crippen LogP contribution in [0.3, 0.4) is 0 Å². The maximum absolute atomic E-state index is 8.75. The van der Waals surface area contributed by atoms with Crippen molar-refractivity contribution in [3.05, 3.63) is 17.5 Å². The fourth-order valence-electron chi connectivity index (χ4n) is 0.903. The normalized spacial score (nSPS) is 13.2. The molecule has 0 unspecified atom stereocenters. The molecule has 0 saturated carbocycles. The number of hydrogen-bond acceptors (Lipinski definition) is 3. The third-order valence-electron chi connectivity index (χ3n) is 1.85. The highest BCUT2D eigenvalue weighted by atomic mass is 16.3. The molecule has 0 aliphatic carbocycles. The molecule has 0 spiro atoms. The zero-order chi connectivity index (χ0) is 8.97. The van der Waals surface area contributed by atoms with Crippen molar-refractivity contribution >= 4 is 0 Å². The van der Waals surface area contributed by atoms with Gasteiger partial charge in [-0.3, -0.25) is 5.10 Å². The molecule has 12 heavy (non-hydrogen) atoms. The number of nitrogens with one attached hydrogen (secondary N) is 2. The smallest absolute Gasteiger partial charge is 0.0582 e. The minimum Gasteiger partial charge on any atom is -0.395 e. The molecule has 1 aromatic heterocycles. The molecule has 1 aromatic rings. The highest BCUT2D eigenvalue weighted by Crippen LogP contribution is 2.01. The molecule has 0 amide bonds. The zero-order valence-corrected chi connectivity index (χ0v) is 7.46. The maximum atomic E-state index is 8.75. The Morgan fingerprint density at radius 2 is 2.50 bits per heavy atom. The van der Waals surface area contributed by atoms with E-state index in [2.05, 4.69) is 15.5 Å². The molecule has 68 valence electrons. The van der Waals surface area contributed by atoms with Crippen molar-refractivity contribution in [2.24, 2.45) is 0 Å². The number of aromatic amines is 1. The highest BCUT2D eigenvalue weighted by molar-refractivity contribution is 5.13. The van der Waals surface area contributed by atoms with Gasteiger partial charge in [0.2, 0.25) is 0 Å². The Kier molecular flexibility index (Phi) is 3.25. The lowest BCUT2D eigenvalue weighted by molar-refractivity contribution is 0.251. The van der Waals surface area contributed by atoms with Gasteiger partial charge < -0.3 is 10.4 Å². The molecule has 0 bridgehead atoms. The van der Waals surface area contributed by atoms with Crippen molar-refractivity contribution in [2.45, 2.75) is 26.4 Å². The Bertz CT molecular complexity index is 234. The molecule has 1 atom stereocenters. The third-order valence-corrected chi connectivity index (χ3v) is 1.85. The lowest BCUT2D eigenvalue weighted by Crippen LogP contribution is -2.28. The summed E-state index contributed by atoms with van der Waals surface area (Å²) in [5, 5.41) is 18.7. The van der Waals surface area contributed by atoms with Crippen LogP contribution in [0.4, 0.5) is 0 Å². The van der Waals surface area contributed by atoms with Crippen LogP contribution in [0.2, 0.25) is 0 Å². The van der Waals surface area contributed by atoms with Crippen LogP contribution < -0.4 is 5.32 Å². The van der Waals surface area contributed by atoms with Crippen LogP contribution in [0.25, 0.3) is 0 Å². The van der Waals surface area contributed by atoms with Gasteiger partial charge in [-0.2, -0.15) is 5.10 Å².